The maximum absolute atomic E-state index is 12.0. The Balaban J connectivity index is 2.44. The number of hydrogen-bond acceptors (Lipinski definition) is 3. The lowest BCUT2D eigenvalue weighted by Crippen LogP contribution is -2.24. The fraction of sp³-hybridized carbons (Fsp3) is 0.625. The second-order valence-corrected chi connectivity index (χ2v) is 6.25. The van der Waals surface area contributed by atoms with Gasteiger partial charge in [0.1, 0.15) is 5.78 Å². The first-order valence-corrected chi connectivity index (χ1v) is 7.04. The van der Waals surface area contributed by atoms with Gasteiger partial charge in [-0.25, -0.2) is 0 Å². The number of hydrogen-bond donors (Lipinski definition) is 1. The summed E-state index contributed by atoms with van der Waals surface area (Å²) in [6.45, 7) is 7.36. The number of aromatic nitrogens is 1. The molecule has 0 saturated heterocycles. The van der Waals surface area contributed by atoms with Gasteiger partial charge in [0.2, 0.25) is 0 Å². The second kappa shape index (κ2) is 7.39. The van der Waals surface area contributed by atoms with Crippen LogP contribution in [0.5, 0.6) is 0 Å². The molecule has 3 nitrogen and oxygen atoms in total. The summed E-state index contributed by atoms with van der Waals surface area (Å²) in [5.74, 6) is 0.816. The molecular formula is C16H26N2O. The fourth-order valence-corrected chi connectivity index (χ4v) is 2.36. The van der Waals surface area contributed by atoms with Gasteiger partial charge in [0.15, 0.2) is 0 Å². The highest BCUT2D eigenvalue weighted by Gasteiger charge is 2.24. The average Bonchev–Trinajstić information content (AvgIpc) is 2.34. The van der Waals surface area contributed by atoms with Gasteiger partial charge in [-0.05, 0) is 48.4 Å². The van der Waals surface area contributed by atoms with Crippen LogP contribution in [0.15, 0.2) is 24.5 Å². The van der Waals surface area contributed by atoms with Crippen LogP contribution in [0.2, 0.25) is 0 Å². The Morgan fingerprint density at radius 2 is 1.89 bits per heavy atom. The van der Waals surface area contributed by atoms with Gasteiger partial charge in [-0.2, -0.15) is 0 Å². The summed E-state index contributed by atoms with van der Waals surface area (Å²) in [5, 5.41) is 0. The molecule has 0 aliphatic carbocycles. The first kappa shape index (κ1) is 15.8. The maximum atomic E-state index is 12.0. The lowest BCUT2D eigenvalue weighted by Gasteiger charge is -2.30. The summed E-state index contributed by atoms with van der Waals surface area (Å²) in [5.41, 5.74) is 6.93. The average molecular weight is 262 g/mol. The zero-order valence-electron chi connectivity index (χ0n) is 12.4. The SMILES string of the molecule is CC(C)(C)C(CCN)CCC(=O)Cc1ccncc1. The van der Waals surface area contributed by atoms with Gasteiger partial charge >= 0.3 is 0 Å². The maximum Gasteiger partial charge on any atom is 0.137 e. The molecule has 0 radical (unpaired) electrons. The van der Waals surface area contributed by atoms with Gasteiger partial charge in [-0.3, -0.25) is 9.78 Å². The Labute approximate surface area is 116 Å². The van der Waals surface area contributed by atoms with Crippen LogP contribution < -0.4 is 5.73 Å². The van der Waals surface area contributed by atoms with Gasteiger partial charge in [0.05, 0.1) is 0 Å². The van der Waals surface area contributed by atoms with E-state index in [4.69, 9.17) is 5.73 Å². The van der Waals surface area contributed by atoms with Crippen molar-refractivity contribution in [1.29, 1.82) is 0 Å². The molecule has 3 heteroatoms. The second-order valence-electron chi connectivity index (χ2n) is 6.25. The highest BCUT2D eigenvalue weighted by Crippen LogP contribution is 2.32. The number of ketones is 1. The molecule has 1 aromatic heterocycles. The van der Waals surface area contributed by atoms with Crippen molar-refractivity contribution >= 4 is 5.78 Å². The molecule has 1 atom stereocenters. The van der Waals surface area contributed by atoms with Crippen LogP contribution in [0.4, 0.5) is 0 Å². The molecule has 0 saturated carbocycles. The van der Waals surface area contributed by atoms with E-state index in [0.717, 1.165) is 18.4 Å². The number of nitrogens with two attached hydrogens (primary N) is 1. The van der Waals surface area contributed by atoms with Crippen molar-refractivity contribution in [1.82, 2.24) is 4.98 Å². The van der Waals surface area contributed by atoms with Crippen molar-refractivity contribution in [3.8, 4) is 0 Å². The largest absolute Gasteiger partial charge is 0.330 e. The molecule has 1 rings (SSSR count). The zero-order chi connectivity index (χ0) is 14.3. The monoisotopic (exact) mass is 262 g/mol. The summed E-state index contributed by atoms with van der Waals surface area (Å²) in [7, 11) is 0. The van der Waals surface area contributed by atoms with Crippen LogP contribution in [0.1, 0.15) is 45.6 Å². The standard InChI is InChI=1S/C16H26N2O/c1-16(2,3)14(6-9-17)4-5-15(19)12-13-7-10-18-11-8-13/h7-8,10-11,14H,4-6,9,12,17H2,1-3H3. The molecule has 0 aromatic carbocycles. The Hall–Kier alpha value is -1.22. The Morgan fingerprint density at radius 3 is 2.42 bits per heavy atom. The zero-order valence-corrected chi connectivity index (χ0v) is 12.4. The summed E-state index contributed by atoms with van der Waals surface area (Å²) < 4.78 is 0. The van der Waals surface area contributed by atoms with Crippen LogP contribution in [-0.4, -0.2) is 17.3 Å². The molecular weight excluding hydrogens is 236 g/mol. The van der Waals surface area contributed by atoms with Crippen LogP contribution in [0.3, 0.4) is 0 Å². The quantitative estimate of drug-likeness (QED) is 0.822. The molecule has 0 amide bonds. The van der Waals surface area contributed by atoms with Gasteiger partial charge in [0, 0.05) is 25.2 Å². The predicted molar refractivity (Wildman–Crippen MR) is 78.8 cm³/mol. The third kappa shape index (κ3) is 5.97. The minimum absolute atomic E-state index is 0.219. The number of carbonyl (C=O) groups excluding carboxylic acids is 1. The van der Waals surface area contributed by atoms with Gasteiger partial charge in [-0.15, -0.1) is 0 Å². The number of pyridine rings is 1. The summed E-state index contributed by atoms with van der Waals surface area (Å²) in [4.78, 5) is 16.0. The highest BCUT2D eigenvalue weighted by molar-refractivity contribution is 5.80. The number of Topliss-reactive ketones (excluding diaryl/α,β-unsaturated/α-hetero) is 1. The minimum atomic E-state index is 0.219. The van der Waals surface area contributed by atoms with E-state index in [-0.39, 0.29) is 5.41 Å². The molecule has 1 heterocycles. The number of rotatable bonds is 7. The predicted octanol–water partition coefficient (Wildman–Crippen LogP) is 2.98. The Kier molecular flexibility index (Phi) is 6.16. The molecule has 106 valence electrons. The Morgan fingerprint density at radius 1 is 1.26 bits per heavy atom. The van der Waals surface area contributed by atoms with Crippen molar-refractivity contribution in [3.05, 3.63) is 30.1 Å². The van der Waals surface area contributed by atoms with Crippen molar-refractivity contribution in [3.63, 3.8) is 0 Å². The molecule has 1 unspecified atom stereocenters. The van der Waals surface area contributed by atoms with Gasteiger partial charge < -0.3 is 5.73 Å². The Bertz CT molecular complexity index is 381. The summed E-state index contributed by atoms with van der Waals surface area (Å²) in [6, 6.07) is 3.80. The van der Waals surface area contributed by atoms with Crippen LogP contribution in [0.25, 0.3) is 0 Å². The van der Waals surface area contributed by atoms with Crippen molar-refractivity contribution in [2.45, 2.75) is 46.5 Å². The number of nitrogens with zero attached hydrogens (tertiary/aromatic N) is 1. The molecule has 0 bridgehead atoms. The van der Waals surface area contributed by atoms with E-state index in [1.54, 1.807) is 12.4 Å². The van der Waals surface area contributed by atoms with Gasteiger partial charge in [-0.1, -0.05) is 20.8 Å². The van der Waals surface area contributed by atoms with E-state index in [1.807, 2.05) is 12.1 Å². The summed E-state index contributed by atoms with van der Waals surface area (Å²) >= 11 is 0. The smallest absolute Gasteiger partial charge is 0.137 e. The third-order valence-electron chi connectivity index (χ3n) is 3.66. The normalized spacial score (nSPS) is 13.3. The fourth-order valence-electron chi connectivity index (χ4n) is 2.36. The summed E-state index contributed by atoms with van der Waals surface area (Å²) in [6.07, 6.45) is 6.55. The van der Waals surface area contributed by atoms with Crippen LogP contribution >= 0.6 is 0 Å². The van der Waals surface area contributed by atoms with E-state index < -0.39 is 0 Å². The molecule has 0 aliphatic heterocycles. The minimum Gasteiger partial charge on any atom is -0.330 e. The molecule has 2 N–H and O–H groups in total. The molecule has 1 aromatic rings. The molecule has 0 aliphatic rings. The van der Waals surface area contributed by atoms with Crippen molar-refractivity contribution in [2.24, 2.45) is 17.1 Å². The first-order valence-electron chi connectivity index (χ1n) is 7.04. The molecule has 19 heavy (non-hydrogen) atoms. The van der Waals surface area contributed by atoms with E-state index in [9.17, 15) is 4.79 Å². The van der Waals surface area contributed by atoms with Crippen LogP contribution in [-0.2, 0) is 11.2 Å². The molecule has 0 spiro atoms. The van der Waals surface area contributed by atoms with E-state index in [1.165, 1.54) is 0 Å². The van der Waals surface area contributed by atoms with Crippen molar-refractivity contribution < 1.29 is 4.79 Å². The first-order chi connectivity index (χ1) is 8.93. The lowest BCUT2D eigenvalue weighted by molar-refractivity contribution is -0.118. The van der Waals surface area contributed by atoms with E-state index in [0.29, 0.717) is 31.1 Å². The van der Waals surface area contributed by atoms with Crippen LogP contribution in [0, 0.1) is 11.3 Å². The highest BCUT2D eigenvalue weighted by atomic mass is 16.1. The third-order valence-corrected chi connectivity index (χ3v) is 3.66. The number of carbonyl (C=O) groups is 1. The lowest BCUT2D eigenvalue weighted by atomic mass is 9.76. The molecule has 0 fully saturated rings. The van der Waals surface area contributed by atoms with E-state index >= 15 is 0 Å². The topological polar surface area (TPSA) is 56.0 Å². The van der Waals surface area contributed by atoms with E-state index in [2.05, 4.69) is 25.8 Å². The van der Waals surface area contributed by atoms with Crippen molar-refractivity contribution in [2.75, 3.05) is 6.54 Å². The van der Waals surface area contributed by atoms with Gasteiger partial charge in [0.25, 0.3) is 0 Å².